The van der Waals surface area contributed by atoms with Gasteiger partial charge >= 0.3 is 12.0 Å². The molecule has 3 aromatic rings. The molecule has 0 aliphatic carbocycles. The van der Waals surface area contributed by atoms with E-state index in [0.29, 0.717) is 10.6 Å². The summed E-state index contributed by atoms with van der Waals surface area (Å²) in [5.74, 6) is -1.67. The molecule has 2 heterocycles. The number of amides is 4. The lowest BCUT2D eigenvalue weighted by Gasteiger charge is -2.22. The van der Waals surface area contributed by atoms with Crippen LogP contribution >= 0.6 is 11.3 Å². The molecule has 8 nitrogen and oxygen atoms in total. The van der Waals surface area contributed by atoms with Crippen molar-refractivity contribution in [1.82, 2.24) is 10.2 Å². The first-order valence-electron chi connectivity index (χ1n) is 10.0. The molecule has 0 spiro atoms. The van der Waals surface area contributed by atoms with Crippen LogP contribution in [0, 0.1) is 0 Å². The van der Waals surface area contributed by atoms with Crippen LogP contribution in [0.5, 0.6) is 0 Å². The standard InChI is InChI=1S/C23H21N3O5S/c1-3-31-20(28)17-10-11-32-19(17)24-18(27)13-26-21(29)23(2,25-22(26)30)16-9-8-14-6-4-5-7-15(14)12-16/h4-12H,3,13H2,1-2H3,(H,24,27)(H,25,30)/t23-/m1/s1. The Balaban J connectivity index is 1.51. The third-order valence-corrected chi connectivity index (χ3v) is 6.15. The molecule has 1 aliphatic heterocycles. The molecule has 0 bridgehead atoms. The first-order chi connectivity index (χ1) is 15.3. The maximum Gasteiger partial charge on any atom is 0.341 e. The fourth-order valence-electron chi connectivity index (χ4n) is 3.62. The van der Waals surface area contributed by atoms with Crippen molar-refractivity contribution in [1.29, 1.82) is 0 Å². The molecular weight excluding hydrogens is 430 g/mol. The van der Waals surface area contributed by atoms with Gasteiger partial charge < -0.3 is 15.4 Å². The molecule has 4 amide bonds. The minimum atomic E-state index is -1.29. The summed E-state index contributed by atoms with van der Waals surface area (Å²) in [4.78, 5) is 51.2. The first-order valence-corrected chi connectivity index (χ1v) is 10.9. The summed E-state index contributed by atoms with van der Waals surface area (Å²) in [5, 5.41) is 9.20. The van der Waals surface area contributed by atoms with Crippen LogP contribution in [0.3, 0.4) is 0 Å². The highest BCUT2D eigenvalue weighted by molar-refractivity contribution is 7.14. The summed E-state index contributed by atoms with van der Waals surface area (Å²) < 4.78 is 4.97. The lowest BCUT2D eigenvalue weighted by molar-refractivity contribution is -0.133. The number of hydrogen-bond donors (Lipinski definition) is 2. The number of hydrogen-bond acceptors (Lipinski definition) is 6. The molecule has 164 valence electrons. The van der Waals surface area contributed by atoms with Crippen LogP contribution in [-0.4, -0.2) is 41.9 Å². The second-order valence-electron chi connectivity index (χ2n) is 7.44. The number of fused-ring (bicyclic) bond motifs is 1. The zero-order valence-corrected chi connectivity index (χ0v) is 18.3. The average Bonchev–Trinajstić information content (AvgIpc) is 3.32. The Labute approximate surface area is 188 Å². The van der Waals surface area contributed by atoms with E-state index in [-0.39, 0.29) is 12.2 Å². The van der Waals surface area contributed by atoms with E-state index >= 15 is 0 Å². The van der Waals surface area contributed by atoms with Gasteiger partial charge in [-0.2, -0.15) is 0 Å². The van der Waals surface area contributed by atoms with Gasteiger partial charge in [-0.05, 0) is 47.7 Å². The van der Waals surface area contributed by atoms with Crippen molar-refractivity contribution in [3.05, 3.63) is 65.0 Å². The number of carbonyl (C=O) groups is 4. The van der Waals surface area contributed by atoms with E-state index in [1.165, 1.54) is 0 Å². The largest absolute Gasteiger partial charge is 0.462 e. The van der Waals surface area contributed by atoms with Crippen molar-refractivity contribution in [2.45, 2.75) is 19.4 Å². The second kappa shape index (κ2) is 8.43. The molecule has 1 fully saturated rings. The van der Waals surface area contributed by atoms with Gasteiger partial charge in [0.05, 0.1) is 12.2 Å². The molecule has 2 aromatic carbocycles. The Hall–Kier alpha value is -3.72. The van der Waals surface area contributed by atoms with Gasteiger partial charge in [0.1, 0.15) is 17.1 Å². The van der Waals surface area contributed by atoms with Crippen LogP contribution in [-0.2, 0) is 19.9 Å². The van der Waals surface area contributed by atoms with Gasteiger partial charge in [0, 0.05) is 0 Å². The van der Waals surface area contributed by atoms with E-state index in [0.717, 1.165) is 27.0 Å². The quantitative estimate of drug-likeness (QED) is 0.441. The highest BCUT2D eigenvalue weighted by Gasteiger charge is 2.49. The van der Waals surface area contributed by atoms with Gasteiger partial charge in [0.15, 0.2) is 0 Å². The Kier molecular flexibility index (Phi) is 5.67. The first kappa shape index (κ1) is 21.5. The van der Waals surface area contributed by atoms with E-state index in [9.17, 15) is 19.2 Å². The number of carbonyl (C=O) groups excluding carboxylic acids is 4. The number of esters is 1. The Morgan fingerprint density at radius 2 is 1.88 bits per heavy atom. The average molecular weight is 452 g/mol. The summed E-state index contributed by atoms with van der Waals surface area (Å²) >= 11 is 1.15. The lowest BCUT2D eigenvalue weighted by atomic mass is 9.90. The number of rotatable bonds is 6. The molecule has 9 heteroatoms. The van der Waals surface area contributed by atoms with E-state index in [1.807, 2.05) is 36.4 Å². The van der Waals surface area contributed by atoms with Crippen molar-refractivity contribution < 1.29 is 23.9 Å². The van der Waals surface area contributed by atoms with Crippen LogP contribution in [0.15, 0.2) is 53.9 Å². The summed E-state index contributed by atoms with van der Waals surface area (Å²) in [6.07, 6.45) is 0. The Morgan fingerprint density at radius 1 is 1.12 bits per heavy atom. The zero-order chi connectivity index (χ0) is 22.9. The van der Waals surface area contributed by atoms with Gasteiger partial charge in [-0.1, -0.05) is 36.4 Å². The maximum absolute atomic E-state index is 13.2. The molecule has 0 radical (unpaired) electrons. The van der Waals surface area contributed by atoms with Crippen LogP contribution < -0.4 is 10.6 Å². The van der Waals surface area contributed by atoms with Crippen molar-refractivity contribution in [3.63, 3.8) is 0 Å². The van der Waals surface area contributed by atoms with Crippen molar-refractivity contribution >= 4 is 50.9 Å². The topological polar surface area (TPSA) is 105 Å². The molecule has 0 unspecified atom stereocenters. The van der Waals surface area contributed by atoms with E-state index in [1.54, 1.807) is 31.4 Å². The molecule has 1 saturated heterocycles. The minimum Gasteiger partial charge on any atom is -0.462 e. The molecule has 0 saturated carbocycles. The predicted molar refractivity (Wildman–Crippen MR) is 120 cm³/mol. The lowest BCUT2D eigenvalue weighted by Crippen LogP contribution is -2.42. The smallest absolute Gasteiger partial charge is 0.341 e. The maximum atomic E-state index is 13.2. The van der Waals surface area contributed by atoms with Gasteiger partial charge in [0.25, 0.3) is 5.91 Å². The van der Waals surface area contributed by atoms with Gasteiger partial charge in [0.2, 0.25) is 5.91 Å². The van der Waals surface area contributed by atoms with Crippen molar-refractivity contribution in [2.24, 2.45) is 0 Å². The molecular formula is C23H21N3O5S. The molecule has 1 atom stereocenters. The molecule has 2 N–H and O–H groups in total. The fourth-order valence-corrected chi connectivity index (χ4v) is 4.41. The fraction of sp³-hybridized carbons (Fsp3) is 0.217. The van der Waals surface area contributed by atoms with Crippen LogP contribution in [0.4, 0.5) is 9.80 Å². The van der Waals surface area contributed by atoms with E-state index in [4.69, 9.17) is 4.74 Å². The number of nitrogens with one attached hydrogen (secondary N) is 2. The van der Waals surface area contributed by atoms with Crippen molar-refractivity contribution in [2.75, 3.05) is 18.5 Å². The monoisotopic (exact) mass is 451 g/mol. The third-order valence-electron chi connectivity index (χ3n) is 5.32. The van der Waals surface area contributed by atoms with E-state index in [2.05, 4.69) is 10.6 Å². The molecule has 1 aromatic heterocycles. The number of urea groups is 1. The Bertz CT molecular complexity index is 1240. The van der Waals surface area contributed by atoms with Gasteiger partial charge in [-0.3, -0.25) is 14.5 Å². The summed E-state index contributed by atoms with van der Waals surface area (Å²) in [6, 6.07) is 14.1. The highest BCUT2D eigenvalue weighted by atomic mass is 32.1. The summed E-state index contributed by atoms with van der Waals surface area (Å²) in [5.41, 5.74) is -0.441. The summed E-state index contributed by atoms with van der Waals surface area (Å²) in [6.45, 7) is 3.03. The van der Waals surface area contributed by atoms with Crippen LogP contribution in [0.1, 0.15) is 29.8 Å². The van der Waals surface area contributed by atoms with E-state index < -0.39 is 35.9 Å². The normalized spacial score (nSPS) is 18.0. The third kappa shape index (κ3) is 3.82. The van der Waals surface area contributed by atoms with Gasteiger partial charge in [-0.15, -0.1) is 11.3 Å². The SMILES string of the molecule is CCOC(=O)c1ccsc1NC(=O)CN1C(=O)N[C@](C)(c2ccc3ccccc3c2)C1=O. The molecule has 4 rings (SSSR count). The molecule has 32 heavy (non-hydrogen) atoms. The van der Waals surface area contributed by atoms with Crippen molar-refractivity contribution in [3.8, 4) is 0 Å². The highest BCUT2D eigenvalue weighted by Crippen LogP contribution is 2.31. The van der Waals surface area contributed by atoms with Gasteiger partial charge in [-0.25, -0.2) is 9.59 Å². The number of anilines is 1. The number of ether oxygens (including phenoxy) is 1. The number of imide groups is 1. The number of benzene rings is 2. The molecule has 1 aliphatic rings. The minimum absolute atomic E-state index is 0.206. The Morgan fingerprint density at radius 3 is 2.62 bits per heavy atom. The van der Waals surface area contributed by atoms with Crippen LogP contribution in [0.25, 0.3) is 10.8 Å². The van der Waals surface area contributed by atoms with Crippen LogP contribution in [0.2, 0.25) is 0 Å². The zero-order valence-electron chi connectivity index (χ0n) is 17.5. The number of thiophene rings is 1. The predicted octanol–water partition coefficient (Wildman–Crippen LogP) is 3.48. The summed E-state index contributed by atoms with van der Waals surface area (Å²) in [7, 11) is 0. The second-order valence-corrected chi connectivity index (χ2v) is 8.36. The number of nitrogens with zero attached hydrogens (tertiary/aromatic N) is 1.